The Morgan fingerprint density at radius 3 is 2.37 bits per heavy atom. The van der Waals surface area contributed by atoms with Crippen LogP contribution >= 0.6 is 11.6 Å². The first-order valence-electron chi connectivity index (χ1n) is 10.4. The van der Waals surface area contributed by atoms with E-state index in [-0.39, 0.29) is 36.6 Å². The molecule has 1 saturated carbocycles. The van der Waals surface area contributed by atoms with Crippen molar-refractivity contribution in [3.8, 4) is 0 Å². The minimum atomic E-state index is -3.56. The maximum atomic E-state index is 12.8. The summed E-state index contributed by atoms with van der Waals surface area (Å²) in [5.41, 5.74) is 0. The number of halogens is 1. The molecule has 0 bridgehead atoms. The van der Waals surface area contributed by atoms with Crippen molar-refractivity contribution in [2.75, 3.05) is 19.6 Å². The van der Waals surface area contributed by atoms with E-state index in [1.54, 1.807) is 24.3 Å². The second-order valence-corrected chi connectivity index (χ2v) is 10.2. The van der Waals surface area contributed by atoms with Crippen LogP contribution in [0.2, 0.25) is 5.02 Å². The van der Waals surface area contributed by atoms with Gasteiger partial charge in [-0.25, -0.2) is 8.42 Å². The summed E-state index contributed by atoms with van der Waals surface area (Å²) in [6.45, 7) is 1.59. The number of sulfonamides is 1. The van der Waals surface area contributed by atoms with Gasteiger partial charge in [-0.3, -0.25) is 4.79 Å². The molecule has 2 aliphatic rings. The summed E-state index contributed by atoms with van der Waals surface area (Å²) in [5, 5.41) is 3.32. The highest BCUT2D eigenvalue weighted by Gasteiger charge is 2.33. The second kappa shape index (κ2) is 12.7. The van der Waals surface area contributed by atoms with Crippen LogP contribution in [0.15, 0.2) is 29.2 Å². The molecule has 1 saturated heterocycles. The maximum absolute atomic E-state index is 12.8. The van der Waals surface area contributed by atoms with E-state index in [0.717, 1.165) is 44.4 Å². The first kappa shape index (κ1) is 26.9. The fourth-order valence-corrected chi connectivity index (χ4v) is 6.14. The molecular formula is C23H34ClN2O3S. The lowest BCUT2D eigenvalue weighted by Crippen LogP contribution is -2.32. The van der Waals surface area contributed by atoms with Gasteiger partial charge in [0.05, 0.1) is 10.9 Å². The molecule has 1 unspecified atom stereocenters. The van der Waals surface area contributed by atoms with Crippen molar-refractivity contribution in [1.29, 1.82) is 0 Å². The van der Waals surface area contributed by atoms with E-state index in [4.69, 9.17) is 11.6 Å². The predicted molar refractivity (Wildman–Crippen MR) is 122 cm³/mol. The standard InChI is InChI=1S/C21H30ClN2O3S.2CH2/c22-19-10-6-7-11-20(19)28(26,27)24-15-13-17(16-24)12-14-23-21(25)18-8-4-2-1-3-5-9-18;;/h6-7,10-11,17H,1-5,8-9,12-16H2,(H,23,25);2*1H2. The lowest BCUT2D eigenvalue weighted by molar-refractivity contribution is -0.119. The number of carbonyl (C=O) groups excluding carboxylic acids is 1. The summed E-state index contributed by atoms with van der Waals surface area (Å²) < 4.78 is 27.2. The van der Waals surface area contributed by atoms with Crippen LogP contribution in [0.25, 0.3) is 0 Å². The van der Waals surface area contributed by atoms with E-state index in [2.05, 4.69) is 5.32 Å². The molecule has 1 heterocycles. The zero-order valence-electron chi connectivity index (χ0n) is 17.7. The van der Waals surface area contributed by atoms with Gasteiger partial charge in [-0.15, -0.1) is 0 Å². The van der Waals surface area contributed by atoms with Gasteiger partial charge >= 0.3 is 0 Å². The van der Waals surface area contributed by atoms with Gasteiger partial charge in [0.25, 0.3) is 0 Å². The van der Waals surface area contributed by atoms with E-state index in [1.807, 2.05) is 0 Å². The molecule has 167 valence electrons. The normalized spacial score (nSPS) is 21.0. The van der Waals surface area contributed by atoms with Gasteiger partial charge < -0.3 is 5.32 Å². The third kappa shape index (κ3) is 6.96. The summed E-state index contributed by atoms with van der Waals surface area (Å²) in [5.74, 6) is 1.40. The van der Waals surface area contributed by atoms with Gasteiger partial charge in [-0.1, -0.05) is 70.7 Å². The number of benzene rings is 1. The first-order valence-corrected chi connectivity index (χ1v) is 12.2. The smallest absolute Gasteiger partial charge is 0.244 e. The van der Waals surface area contributed by atoms with Crippen molar-refractivity contribution >= 4 is 27.5 Å². The topological polar surface area (TPSA) is 66.5 Å². The largest absolute Gasteiger partial charge is 0.356 e. The zero-order chi connectivity index (χ0) is 20.0. The highest BCUT2D eigenvalue weighted by atomic mass is 35.5. The molecule has 3 rings (SSSR count). The summed E-state index contributed by atoms with van der Waals surface area (Å²) in [6, 6.07) is 6.57. The molecule has 30 heavy (non-hydrogen) atoms. The van der Waals surface area contributed by atoms with Crippen molar-refractivity contribution in [1.82, 2.24) is 9.62 Å². The fraction of sp³-hybridized carbons (Fsp3) is 0.565. The van der Waals surface area contributed by atoms with Crippen molar-refractivity contribution in [2.45, 2.75) is 62.7 Å². The highest BCUT2D eigenvalue weighted by molar-refractivity contribution is 7.89. The van der Waals surface area contributed by atoms with Crippen molar-refractivity contribution in [3.63, 3.8) is 0 Å². The van der Waals surface area contributed by atoms with Gasteiger partial charge in [-0.05, 0) is 43.7 Å². The van der Waals surface area contributed by atoms with Crippen LogP contribution in [0.1, 0.15) is 57.8 Å². The number of hydrogen-bond donors (Lipinski definition) is 1. The Morgan fingerprint density at radius 1 is 1.07 bits per heavy atom. The van der Waals surface area contributed by atoms with Gasteiger partial charge in [0.2, 0.25) is 15.9 Å². The Labute approximate surface area is 188 Å². The molecule has 5 nitrogen and oxygen atoms in total. The lowest BCUT2D eigenvalue weighted by atomic mass is 9.90. The van der Waals surface area contributed by atoms with Crippen LogP contribution in [0.4, 0.5) is 0 Å². The Bertz CT molecular complexity index is 761. The SMILES string of the molecule is O=C(NCCC1CCN(S(=O)(=O)c2ccccc2Cl)C1)[C]1CCCCCCC1.[CH2].[CH2]. The molecule has 0 aromatic heterocycles. The minimum Gasteiger partial charge on any atom is -0.356 e. The van der Waals surface area contributed by atoms with Gasteiger partial charge in [0, 0.05) is 19.6 Å². The average Bonchev–Trinajstić information content (AvgIpc) is 3.11. The van der Waals surface area contributed by atoms with E-state index in [9.17, 15) is 13.2 Å². The fourth-order valence-electron chi connectivity index (χ4n) is 4.12. The Kier molecular flexibility index (Phi) is 11.4. The van der Waals surface area contributed by atoms with Crippen molar-refractivity contribution < 1.29 is 13.2 Å². The van der Waals surface area contributed by atoms with Crippen LogP contribution in [0.5, 0.6) is 0 Å². The summed E-state index contributed by atoms with van der Waals surface area (Å²) in [4.78, 5) is 12.6. The number of nitrogens with zero attached hydrogens (tertiary/aromatic N) is 1. The zero-order valence-corrected chi connectivity index (χ0v) is 19.3. The van der Waals surface area contributed by atoms with Gasteiger partial charge in [0.15, 0.2) is 0 Å². The highest BCUT2D eigenvalue weighted by Crippen LogP contribution is 2.29. The molecule has 1 aliphatic carbocycles. The molecule has 1 aromatic carbocycles. The molecule has 2 fully saturated rings. The van der Waals surface area contributed by atoms with Crippen LogP contribution in [-0.4, -0.2) is 38.3 Å². The second-order valence-electron chi connectivity index (χ2n) is 7.86. The maximum Gasteiger partial charge on any atom is 0.244 e. The third-order valence-corrected chi connectivity index (χ3v) is 8.18. The molecule has 1 atom stereocenters. The van der Waals surface area contributed by atoms with Crippen molar-refractivity contribution in [2.24, 2.45) is 5.92 Å². The molecule has 1 N–H and O–H groups in total. The molecule has 5 radical (unpaired) electrons. The first-order chi connectivity index (χ1) is 13.5. The molecule has 7 heteroatoms. The summed E-state index contributed by atoms with van der Waals surface area (Å²) in [7, 11) is -3.56. The minimum absolute atomic E-state index is 0. The van der Waals surface area contributed by atoms with Crippen LogP contribution in [0, 0.1) is 26.7 Å². The van der Waals surface area contributed by atoms with E-state index >= 15 is 0 Å². The molecule has 1 aromatic rings. The Hall–Kier alpha value is -1.11. The lowest BCUT2D eigenvalue weighted by Gasteiger charge is -2.19. The average molecular weight is 454 g/mol. The number of nitrogens with one attached hydrogen (secondary N) is 1. The third-order valence-electron chi connectivity index (χ3n) is 5.82. The Balaban J connectivity index is 0.00000225. The number of rotatable bonds is 6. The van der Waals surface area contributed by atoms with Gasteiger partial charge in [-0.2, -0.15) is 4.31 Å². The van der Waals surface area contributed by atoms with Gasteiger partial charge in [0.1, 0.15) is 4.90 Å². The van der Waals surface area contributed by atoms with E-state index in [1.165, 1.54) is 23.6 Å². The van der Waals surface area contributed by atoms with E-state index < -0.39 is 10.0 Å². The Morgan fingerprint density at radius 2 is 1.70 bits per heavy atom. The molecular weight excluding hydrogens is 420 g/mol. The van der Waals surface area contributed by atoms with Crippen molar-refractivity contribution in [3.05, 3.63) is 50.1 Å². The monoisotopic (exact) mass is 453 g/mol. The van der Waals surface area contributed by atoms with Crippen LogP contribution < -0.4 is 5.32 Å². The number of amides is 1. The quantitative estimate of drug-likeness (QED) is 0.670. The van der Waals surface area contributed by atoms with Crippen LogP contribution in [-0.2, 0) is 14.8 Å². The number of hydrogen-bond acceptors (Lipinski definition) is 3. The van der Waals surface area contributed by atoms with Crippen LogP contribution in [0.3, 0.4) is 0 Å². The summed E-state index contributed by atoms with van der Waals surface area (Å²) >= 11 is 6.08. The summed E-state index contributed by atoms with van der Waals surface area (Å²) in [6.07, 6.45) is 9.38. The predicted octanol–water partition coefficient (Wildman–Crippen LogP) is 4.83. The molecule has 1 amide bonds. The number of carbonyl (C=O) groups is 1. The molecule has 0 spiro atoms. The van der Waals surface area contributed by atoms with E-state index in [0.29, 0.717) is 19.6 Å². The molecule has 1 aliphatic heterocycles.